The van der Waals surface area contributed by atoms with Gasteiger partial charge in [0.05, 0.1) is 0 Å². The third-order valence-corrected chi connectivity index (χ3v) is 4.95. The predicted octanol–water partition coefficient (Wildman–Crippen LogP) is 5.29. The molecule has 0 amide bonds. The highest BCUT2D eigenvalue weighted by atomic mass is 35.5. The van der Waals surface area contributed by atoms with Crippen molar-refractivity contribution in [2.75, 3.05) is 12.5 Å². The van der Waals surface area contributed by atoms with Gasteiger partial charge in [-0.25, -0.2) is 0 Å². The zero-order valence-corrected chi connectivity index (χ0v) is 13.7. The average Bonchev–Trinajstić information content (AvgIpc) is 2.53. The van der Waals surface area contributed by atoms with Gasteiger partial charge in [-0.05, 0) is 42.3 Å². The largest absolute Gasteiger partial charge is 0.292 e. The Morgan fingerprint density at radius 2 is 1.35 bits per heavy atom. The maximum absolute atomic E-state index is 12.4. The molecular formula is C16H15ClOS2. The van der Waals surface area contributed by atoms with Crippen LogP contribution in [0, 0.1) is 0 Å². The van der Waals surface area contributed by atoms with E-state index in [0.29, 0.717) is 5.56 Å². The maximum atomic E-state index is 12.4. The minimum absolute atomic E-state index is 0.0591. The lowest BCUT2D eigenvalue weighted by molar-refractivity contribution is 0.0987. The number of rotatable bonds is 5. The van der Waals surface area contributed by atoms with Crippen LogP contribution in [-0.2, 0) is 0 Å². The summed E-state index contributed by atoms with van der Waals surface area (Å²) in [5.74, 6) is -0.0591. The summed E-state index contributed by atoms with van der Waals surface area (Å²) >= 11 is 9.62. The molecule has 2 aromatic carbocycles. The fourth-order valence-corrected chi connectivity index (χ4v) is 2.91. The van der Waals surface area contributed by atoms with Crippen LogP contribution in [0.15, 0.2) is 58.3 Å². The zero-order valence-electron chi connectivity index (χ0n) is 11.3. The third-order valence-electron chi connectivity index (χ3n) is 3.01. The normalized spacial score (nSPS) is 12.2. The molecule has 0 saturated heterocycles. The Kier molecular flexibility index (Phi) is 5.58. The Labute approximate surface area is 133 Å². The van der Waals surface area contributed by atoms with E-state index in [1.54, 1.807) is 23.5 Å². The van der Waals surface area contributed by atoms with Gasteiger partial charge < -0.3 is 0 Å². The Hall–Kier alpha value is -0.900. The van der Waals surface area contributed by atoms with Crippen LogP contribution in [0.3, 0.4) is 0 Å². The van der Waals surface area contributed by atoms with E-state index in [0.717, 1.165) is 15.4 Å². The van der Waals surface area contributed by atoms with Gasteiger partial charge in [-0.3, -0.25) is 4.79 Å². The summed E-state index contributed by atoms with van der Waals surface area (Å²) in [4.78, 5) is 14.7. The highest BCUT2D eigenvalue weighted by molar-refractivity contribution is 7.98. The van der Waals surface area contributed by atoms with E-state index in [2.05, 4.69) is 0 Å². The van der Waals surface area contributed by atoms with Gasteiger partial charge in [0.2, 0.25) is 0 Å². The van der Waals surface area contributed by atoms with Gasteiger partial charge in [0.1, 0.15) is 5.38 Å². The van der Waals surface area contributed by atoms with E-state index in [1.807, 2.05) is 61.0 Å². The van der Waals surface area contributed by atoms with Crippen molar-refractivity contribution >= 4 is 40.9 Å². The van der Waals surface area contributed by atoms with Crippen molar-refractivity contribution in [3.8, 4) is 0 Å². The van der Waals surface area contributed by atoms with E-state index in [-0.39, 0.29) is 5.78 Å². The second-order valence-electron chi connectivity index (χ2n) is 4.23. The molecule has 1 nitrogen and oxygen atoms in total. The highest BCUT2D eigenvalue weighted by Crippen LogP contribution is 2.27. The van der Waals surface area contributed by atoms with Gasteiger partial charge >= 0.3 is 0 Å². The third kappa shape index (κ3) is 3.60. The summed E-state index contributed by atoms with van der Waals surface area (Å²) in [6, 6.07) is 15.4. The molecule has 0 aromatic heterocycles. The van der Waals surface area contributed by atoms with Crippen LogP contribution >= 0.6 is 35.1 Å². The Morgan fingerprint density at radius 1 is 0.900 bits per heavy atom. The van der Waals surface area contributed by atoms with E-state index in [4.69, 9.17) is 11.6 Å². The number of hydrogen-bond donors (Lipinski definition) is 0. The van der Waals surface area contributed by atoms with Gasteiger partial charge in [-0.2, -0.15) is 0 Å². The summed E-state index contributed by atoms with van der Waals surface area (Å²) in [7, 11) is 0. The van der Waals surface area contributed by atoms with Crippen LogP contribution in [0.2, 0.25) is 0 Å². The molecule has 4 heteroatoms. The van der Waals surface area contributed by atoms with Crippen LogP contribution in [-0.4, -0.2) is 18.3 Å². The summed E-state index contributed by atoms with van der Waals surface area (Å²) in [6.45, 7) is 0. The molecule has 20 heavy (non-hydrogen) atoms. The van der Waals surface area contributed by atoms with E-state index in [9.17, 15) is 4.79 Å². The quantitative estimate of drug-likeness (QED) is 0.423. The summed E-state index contributed by atoms with van der Waals surface area (Å²) < 4.78 is 0. The second kappa shape index (κ2) is 7.21. The first-order valence-electron chi connectivity index (χ1n) is 6.12. The Bertz CT molecular complexity index is 578. The zero-order chi connectivity index (χ0) is 14.5. The molecule has 1 atom stereocenters. The Morgan fingerprint density at radius 3 is 1.80 bits per heavy atom. The highest BCUT2D eigenvalue weighted by Gasteiger charge is 2.19. The molecule has 0 aliphatic rings. The minimum Gasteiger partial charge on any atom is -0.292 e. The lowest BCUT2D eigenvalue weighted by atomic mass is 10.0. The first-order chi connectivity index (χ1) is 9.65. The molecule has 0 bridgehead atoms. The molecule has 0 saturated carbocycles. The maximum Gasteiger partial charge on any atom is 0.185 e. The van der Waals surface area contributed by atoms with Gasteiger partial charge in [-0.1, -0.05) is 24.3 Å². The molecule has 2 aromatic rings. The molecule has 1 unspecified atom stereocenters. The first kappa shape index (κ1) is 15.5. The lowest BCUT2D eigenvalue weighted by Crippen LogP contribution is -2.07. The van der Waals surface area contributed by atoms with Gasteiger partial charge in [0.15, 0.2) is 5.78 Å². The van der Waals surface area contributed by atoms with Crippen LogP contribution in [0.5, 0.6) is 0 Å². The first-order valence-corrected chi connectivity index (χ1v) is 9.00. The van der Waals surface area contributed by atoms with E-state index in [1.165, 1.54) is 0 Å². The SMILES string of the molecule is CSc1ccc(C(=O)C(Cl)c2ccc(SC)cc2)cc1. The van der Waals surface area contributed by atoms with Gasteiger partial charge in [-0.15, -0.1) is 35.1 Å². The molecule has 0 aliphatic carbocycles. The van der Waals surface area contributed by atoms with Crippen molar-refractivity contribution in [2.24, 2.45) is 0 Å². The van der Waals surface area contributed by atoms with Crippen molar-refractivity contribution in [1.29, 1.82) is 0 Å². The van der Waals surface area contributed by atoms with Crippen molar-refractivity contribution in [3.63, 3.8) is 0 Å². The summed E-state index contributed by atoms with van der Waals surface area (Å²) in [5, 5.41) is -0.633. The van der Waals surface area contributed by atoms with Gasteiger partial charge in [0, 0.05) is 15.4 Å². The molecule has 0 spiro atoms. The number of thioether (sulfide) groups is 2. The van der Waals surface area contributed by atoms with Gasteiger partial charge in [0.25, 0.3) is 0 Å². The van der Waals surface area contributed by atoms with Crippen molar-refractivity contribution in [2.45, 2.75) is 15.2 Å². The van der Waals surface area contributed by atoms with Crippen LogP contribution < -0.4 is 0 Å². The monoisotopic (exact) mass is 322 g/mol. The predicted molar refractivity (Wildman–Crippen MR) is 89.4 cm³/mol. The second-order valence-corrected chi connectivity index (χ2v) is 6.42. The van der Waals surface area contributed by atoms with Crippen LogP contribution in [0.25, 0.3) is 0 Å². The average molecular weight is 323 g/mol. The standard InChI is InChI=1S/C16H15ClOS2/c1-19-13-7-3-11(4-8-13)15(17)16(18)12-5-9-14(20-2)10-6-12/h3-10,15H,1-2H3. The molecule has 104 valence electrons. The number of hydrogen-bond acceptors (Lipinski definition) is 3. The minimum atomic E-state index is -0.633. The number of benzene rings is 2. The molecule has 0 fully saturated rings. The topological polar surface area (TPSA) is 17.1 Å². The smallest absolute Gasteiger partial charge is 0.185 e. The van der Waals surface area contributed by atoms with Crippen molar-refractivity contribution < 1.29 is 4.79 Å². The molecule has 0 heterocycles. The van der Waals surface area contributed by atoms with E-state index < -0.39 is 5.38 Å². The number of halogens is 1. The van der Waals surface area contributed by atoms with Crippen molar-refractivity contribution in [3.05, 3.63) is 59.7 Å². The molecule has 0 radical (unpaired) electrons. The number of ketones is 1. The number of carbonyl (C=O) groups is 1. The van der Waals surface area contributed by atoms with Crippen molar-refractivity contribution in [1.82, 2.24) is 0 Å². The summed E-state index contributed by atoms with van der Waals surface area (Å²) in [5.41, 5.74) is 1.49. The Balaban J connectivity index is 2.17. The van der Waals surface area contributed by atoms with Crippen LogP contribution in [0.1, 0.15) is 21.3 Å². The molecule has 0 N–H and O–H groups in total. The number of carbonyl (C=O) groups excluding carboxylic acids is 1. The molecule has 2 rings (SSSR count). The fourth-order valence-electron chi connectivity index (χ4n) is 1.83. The fraction of sp³-hybridized carbons (Fsp3) is 0.188. The number of alkyl halides is 1. The van der Waals surface area contributed by atoms with E-state index >= 15 is 0 Å². The molecular weight excluding hydrogens is 308 g/mol. The molecule has 0 aliphatic heterocycles. The lowest BCUT2D eigenvalue weighted by Gasteiger charge is -2.10. The summed E-state index contributed by atoms with van der Waals surface area (Å²) in [6.07, 6.45) is 4.03. The number of Topliss-reactive ketones (excluding diaryl/α,β-unsaturated/α-hetero) is 1. The van der Waals surface area contributed by atoms with Crippen LogP contribution in [0.4, 0.5) is 0 Å².